The molecule has 2 heterocycles. The number of allylic oxidation sites excluding steroid dienone is 4. The van der Waals surface area contributed by atoms with E-state index >= 15 is 0 Å². The Hall–Kier alpha value is -2.76. The van der Waals surface area contributed by atoms with Crippen molar-refractivity contribution in [3.05, 3.63) is 68.1 Å². The van der Waals surface area contributed by atoms with Crippen molar-refractivity contribution in [2.45, 2.75) is 137 Å². The second kappa shape index (κ2) is 20.2. The first-order valence-corrected chi connectivity index (χ1v) is 16.6. The molecule has 2 aromatic heterocycles. The van der Waals surface area contributed by atoms with Gasteiger partial charge < -0.3 is 9.32 Å². The van der Waals surface area contributed by atoms with Gasteiger partial charge in [-0.05, 0) is 98.6 Å². The zero-order valence-corrected chi connectivity index (χ0v) is 36.8. The monoisotopic (exact) mass is 751 g/mol. The molecule has 1 saturated carbocycles. The van der Waals surface area contributed by atoms with Gasteiger partial charge in [0.2, 0.25) is 0 Å². The number of hydrogen-bond donors (Lipinski definition) is 0. The summed E-state index contributed by atoms with van der Waals surface area (Å²) in [6.07, 6.45) is 2.14. The smallest absolute Gasteiger partial charge is 0.164 e. The number of carbonyl (C=O) groups excluding carboxylic acids is 3. The van der Waals surface area contributed by atoms with Crippen LogP contribution in [0, 0.1) is 81.5 Å². The number of carbonyl (C=O) groups is 3. The van der Waals surface area contributed by atoms with Crippen molar-refractivity contribution < 1.29 is 51.6 Å². The molecular formula is C40H62N4O4Y-2. The van der Waals surface area contributed by atoms with E-state index in [-0.39, 0.29) is 49.7 Å². The van der Waals surface area contributed by atoms with E-state index in [0.29, 0.717) is 11.2 Å². The van der Waals surface area contributed by atoms with Crippen molar-refractivity contribution in [1.29, 1.82) is 5.26 Å². The minimum Gasteiger partial charge on any atom is -0.361 e. The van der Waals surface area contributed by atoms with Crippen LogP contribution in [0.15, 0.2) is 26.8 Å². The zero-order valence-electron chi connectivity index (χ0n) is 34.0. The predicted molar refractivity (Wildman–Crippen MR) is 195 cm³/mol. The van der Waals surface area contributed by atoms with Crippen LogP contribution in [-0.2, 0) is 54.1 Å². The van der Waals surface area contributed by atoms with Gasteiger partial charge in [-0.2, -0.15) is 21.9 Å². The second-order valence-corrected chi connectivity index (χ2v) is 14.5. The Morgan fingerprint density at radius 1 is 0.878 bits per heavy atom. The molecule has 3 aliphatic rings. The van der Waals surface area contributed by atoms with Crippen LogP contribution in [0.5, 0.6) is 0 Å². The summed E-state index contributed by atoms with van der Waals surface area (Å²) in [5.74, 6) is 3.05. The Labute approximate surface area is 322 Å². The molecule has 0 unspecified atom stereocenters. The SMILES string of the molecule is CC(=O)[C@H](C)C#N.CC(C(=O)[C-](C)C)=C(C)[C-](C)C.CC1=C(C)C2(C)CC(C)(C2)C1=O.Cc1nn(C)c(C)c1C.Cc1noc(C)c1C.[Y]. The van der Waals surface area contributed by atoms with Crippen molar-refractivity contribution in [2.24, 2.45) is 23.8 Å². The van der Waals surface area contributed by atoms with E-state index in [9.17, 15) is 14.4 Å². The summed E-state index contributed by atoms with van der Waals surface area (Å²) in [7, 11) is 1.97. The second-order valence-electron chi connectivity index (χ2n) is 14.5. The molecule has 5 rings (SSSR count). The molecule has 49 heavy (non-hydrogen) atoms. The van der Waals surface area contributed by atoms with Crippen molar-refractivity contribution in [3.8, 4) is 6.07 Å². The largest absolute Gasteiger partial charge is 0.361 e. The fourth-order valence-corrected chi connectivity index (χ4v) is 5.59. The van der Waals surface area contributed by atoms with Gasteiger partial charge in [-0.3, -0.25) is 14.3 Å². The van der Waals surface area contributed by atoms with Gasteiger partial charge in [-0.15, -0.1) is 34.6 Å². The normalized spacial score (nSPS) is 19.5. The van der Waals surface area contributed by atoms with Crippen LogP contribution in [0.2, 0.25) is 0 Å². The minimum absolute atomic E-state index is 0. The van der Waals surface area contributed by atoms with Gasteiger partial charge in [0.1, 0.15) is 17.5 Å². The van der Waals surface area contributed by atoms with Gasteiger partial charge in [0.05, 0.1) is 17.5 Å². The third-order valence-electron chi connectivity index (χ3n) is 10.1. The molecule has 2 aromatic rings. The molecule has 0 aliphatic heterocycles. The van der Waals surface area contributed by atoms with Crippen molar-refractivity contribution in [3.63, 3.8) is 0 Å². The summed E-state index contributed by atoms with van der Waals surface area (Å²) in [6, 6.07) is 1.81. The van der Waals surface area contributed by atoms with E-state index < -0.39 is 5.92 Å². The Bertz CT molecular complexity index is 1510. The molecule has 1 fully saturated rings. The molecule has 2 bridgehead atoms. The Balaban J connectivity index is 0. The molecule has 0 saturated heterocycles. The Morgan fingerprint density at radius 3 is 1.59 bits per heavy atom. The zero-order chi connectivity index (χ0) is 38.1. The number of nitriles is 1. The summed E-state index contributed by atoms with van der Waals surface area (Å²) in [5.41, 5.74) is 10.5. The van der Waals surface area contributed by atoms with E-state index in [4.69, 9.17) is 9.78 Å². The van der Waals surface area contributed by atoms with Crippen LogP contribution >= 0.6 is 0 Å². The first-order valence-electron chi connectivity index (χ1n) is 16.6. The Kier molecular flexibility index (Phi) is 19.9. The molecule has 0 N–H and O–H groups in total. The predicted octanol–water partition coefficient (Wildman–Crippen LogP) is 9.51. The maximum atomic E-state index is 11.8. The third kappa shape index (κ3) is 13.1. The van der Waals surface area contributed by atoms with E-state index in [0.717, 1.165) is 58.2 Å². The van der Waals surface area contributed by atoms with Crippen LogP contribution in [0.3, 0.4) is 0 Å². The van der Waals surface area contributed by atoms with Crippen molar-refractivity contribution in [1.82, 2.24) is 14.9 Å². The first kappa shape index (κ1) is 48.4. The van der Waals surface area contributed by atoms with Gasteiger partial charge in [0.15, 0.2) is 5.78 Å². The fourth-order valence-electron chi connectivity index (χ4n) is 5.59. The van der Waals surface area contributed by atoms with Crippen LogP contribution < -0.4 is 0 Å². The number of rotatable bonds is 4. The molecule has 1 radical (unpaired) electrons. The number of aryl methyl sites for hydroxylation is 4. The molecular weight excluding hydrogens is 689 g/mol. The molecule has 3 aliphatic carbocycles. The molecule has 9 heteroatoms. The Morgan fingerprint density at radius 2 is 1.37 bits per heavy atom. The standard InChI is InChI=1S/C11H16O.C11H18O.C7H12N2.C6H9NO.C5H7NO.Y/c1-7-8(2)10(3)5-11(4,6-10)9(7)12;1-7(2)9(5)10(6)11(12)8(3)4;1-5-6(2)8-9(4)7(5)3;1-4-5(2)7-8-6(4)3;1-4(3-6)5(2)7;/h5-6H2,1-4H3;1-6H3;1-4H3;1-3H3;4H,1-2H3;/q;-2;;;;/t;;;;4-;/m....1./s1. The summed E-state index contributed by atoms with van der Waals surface area (Å²) in [5, 5.41) is 16.0. The van der Waals surface area contributed by atoms with E-state index in [1.165, 1.54) is 29.7 Å². The average molecular weight is 752 g/mol. The van der Waals surface area contributed by atoms with Gasteiger partial charge in [-0.25, -0.2) is 11.5 Å². The molecule has 0 aromatic carbocycles. The maximum absolute atomic E-state index is 11.8. The number of hydrogen-bond acceptors (Lipinski definition) is 7. The van der Waals surface area contributed by atoms with E-state index in [1.807, 2.05) is 94.0 Å². The first-order chi connectivity index (χ1) is 21.8. The fraction of sp³-hybridized carbons (Fsp3) is 0.600. The van der Waals surface area contributed by atoms with Gasteiger partial charge >= 0.3 is 0 Å². The van der Waals surface area contributed by atoms with Gasteiger partial charge in [0, 0.05) is 62.2 Å². The van der Waals surface area contributed by atoms with E-state index in [1.54, 1.807) is 6.92 Å². The molecule has 271 valence electrons. The number of ketones is 3. The number of nitrogens with zero attached hydrogens (tertiary/aromatic N) is 4. The van der Waals surface area contributed by atoms with Gasteiger partial charge in [0.25, 0.3) is 0 Å². The quantitative estimate of drug-likeness (QED) is 0.226. The molecule has 0 amide bonds. The van der Waals surface area contributed by atoms with Crippen molar-refractivity contribution in [2.75, 3.05) is 0 Å². The summed E-state index contributed by atoms with van der Waals surface area (Å²) in [6.45, 7) is 35.2. The topological polar surface area (TPSA) is 119 Å². The summed E-state index contributed by atoms with van der Waals surface area (Å²) >= 11 is 0. The minimum atomic E-state index is -0.431. The molecule has 8 nitrogen and oxygen atoms in total. The van der Waals surface area contributed by atoms with Crippen LogP contribution in [0.1, 0.15) is 130 Å². The maximum Gasteiger partial charge on any atom is 0.164 e. The molecule has 1 atom stereocenters. The summed E-state index contributed by atoms with van der Waals surface area (Å²) < 4.78 is 6.75. The number of aromatic nitrogens is 3. The van der Waals surface area contributed by atoms with Crippen molar-refractivity contribution >= 4 is 17.3 Å². The van der Waals surface area contributed by atoms with Gasteiger partial charge in [-0.1, -0.05) is 31.5 Å². The molecule has 0 spiro atoms. The summed E-state index contributed by atoms with van der Waals surface area (Å²) in [4.78, 5) is 33.4. The van der Waals surface area contributed by atoms with Crippen LogP contribution in [-0.4, -0.2) is 32.3 Å². The van der Waals surface area contributed by atoms with Crippen LogP contribution in [0.25, 0.3) is 0 Å². The average Bonchev–Trinajstić information content (AvgIpc) is 3.42. The van der Waals surface area contributed by atoms with E-state index in [2.05, 4.69) is 44.9 Å². The van der Waals surface area contributed by atoms with Crippen LogP contribution in [0.4, 0.5) is 0 Å². The number of fused-ring (bicyclic) bond motifs is 1. The number of Topliss-reactive ketones (excluding diaryl/α,β-unsaturated/α-hetero) is 3. The third-order valence-corrected chi connectivity index (χ3v) is 10.1.